The van der Waals surface area contributed by atoms with Gasteiger partial charge in [0.25, 0.3) is 0 Å². The normalized spacial score (nSPS) is 10.7. The summed E-state index contributed by atoms with van der Waals surface area (Å²) in [6.07, 6.45) is 1.43. The lowest BCUT2D eigenvalue weighted by molar-refractivity contribution is 0.306. The number of rotatable bonds is 7. The molecule has 0 atom stereocenters. The van der Waals surface area contributed by atoms with E-state index in [1.165, 1.54) is 20.5 Å². The van der Waals surface area contributed by atoms with Crippen LogP contribution in [-0.4, -0.2) is 21.3 Å². The second-order valence-corrected chi connectivity index (χ2v) is 6.79. The van der Waals surface area contributed by atoms with Crippen LogP contribution in [-0.2, 0) is 6.61 Å². The van der Waals surface area contributed by atoms with Gasteiger partial charge in [0.05, 0.1) is 32.3 Å². The Balaban J connectivity index is 1.71. The average molecular weight is 418 g/mol. The minimum absolute atomic E-state index is 0.179. The van der Waals surface area contributed by atoms with E-state index in [0.717, 1.165) is 5.56 Å². The summed E-state index contributed by atoms with van der Waals surface area (Å²) < 4.78 is 27.9. The molecule has 0 spiro atoms. The van der Waals surface area contributed by atoms with Gasteiger partial charge < -0.3 is 23.4 Å². The van der Waals surface area contributed by atoms with Crippen molar-refractivity contribution in [2.24, 2.45) is 0 Å². The fraction of sp³-hybridized carbons (Fsp3) is 0.160. The highest BCUT2D eigenvalue weighted by Gasteiger charge is 2.20. The minimum Gasteiger partial charge on any atom is -0.493 e. The molecule has 0 radical (unpaired) electrons. The fourth-order valence-corrected chi connectivity index (χ4v) is 3.44. The first-order chi connectivity index (χ1) is 15.2. The Morgan fingerprint density at radius 1 is 0.806 bits per heavy atom. The van der Waals surface area contributed by atoms with Gasteiger partial charge in [0, 0.05) is 11.6 Å². The summed E-state index contributed by atoms with van der Waals surface area (Å²) in [5.74, 6) is 1.94. The lowest BCUT2D eigenvalue weighted by atomic mass is 10.0. The predicted octanol–water partition coefficient (Wildman–Crippen LogP) is 5.06. The Bertz CT molecular complexity index is 1260. The highest BCUT2D eigenvalue weighted by atomic mass is 16.5. The van der Waals surface area contributed by atoms with E-state index in [0.29, 0.717) is 51.7 Å². The Morgan fingerprint density at radius 3 is 2.29 bits per heavy atom. The van der Waals surface area contributed by atoms with Crippen molar-refractivity contribution >= 4 is 11.0 Å². The monoisotopic (exact) mass is 418 g/mol. The molecule has 158 valence electrons. The molecule has 0 N–H and O–H groups in total. The second kappa shape index (κ2) is 8.83. The van der Waals surface area contributed by atoms with Gasteiger partial charge in [0.1, 0.15) is 24.2 Å². The number of fused-ring (bicyclic) bond motifs is 1. The Kier molecular flexibility index (Phi) is 5.80. The quantitative estimate of drug-likeness (QED) is 0.418. The summed E-state index contributed by atoms with van der Waals surface area (Å²) >= 11 is 0. The zero-order chi connectivity index (χ0) is 21.8. The molecule has 0 saturated heterocycles. The molecule has 31 heavy (non-hydrogen) atoms. The molecule has 0 bridgehead atoms. The third kappa shape index (κ3) is 3.92. The summed E-state index contributed by atoms with van der Waals surface area (Å²) in [7, 11) is 4.57. The smallest absolute Gasteiger partial charge is 0.203 e. The van der Waals surface area contributed by atoms with Crippen molar-refractivity contribution in [3.05, 3.63) is 82.7 Å². The maximum absolute atomic E-state index is 13.2. The van der Waals surface area contributed by atoms with Crippen molar-refractivity contribution in [2.45, 2.75) is 6.61 Å². The van der Waals surface area contributed by atoms with E-state index in [-0.39, 0.29) is 5.43 Å². The zero-order valence-corrected chi connectivity index (χ0v) is 17.5. The standard InChI is InChI=1S/C25H22O6/c1-27-21-12-11-18(24(28-2)25(21)29-3)20-15-31-22-13-17(9-10-19(22)23(20)26)30-14-16-7-5-4-6-8-16/h4-13,15H,14H2,1-3H3. The number of hydrogen-bond acceptors (Lipinski definition) is 6. The fourth-order valence-electron chi connectivity index (χ4n) is 3.44. The lowest BCUT2D eigenvalue weighted by Crippen LogP contribution is -2.07. The van der Waals surface area contributed by atoms with Crippen molar-refractivity contribution < 1.29 is 23.4 Å². The zero-order valence-electron chi connectivity index (χ0n) is 17.5. The summed E-state index contributed by atoms with van der Waals surface area (Å²) in [6, 6.07) is 18.5. The van der Waals surface area contributed by atoms with Crippen LogP contribution < -0.4 is 24.4 Å². The van der Waals surface area contributed by atoms with Crippen LogP contribution in [0.15, 0.2) is 76.1 Å². The van der Waals surface area contributed by atoms with E-state index < -0.39 is 0 Å². The van der Waals surface area contributed by atoms with Gasteiger partial charge in [-0.15, -0.1) is 0 Å². The van der Waals surface area contributed by atoms with Crippen molar-refractivity contribution in [2.75, 3.05) is 21.3 Å². The summed E-state index contributed by atoms with van der Waals surface area (Å²) in [5.41, 5.74) is 2.24. The van der Waals surface area contributed by atoms with Crippen molar-refractivity contribution in [1.82, 2.24) is 0 Å². The van der Waals surface area contributed by atoms with Gasteiger partial charge in [-0.05, 0) is 29.8 Å². The third-order valence-electron chi connectivity index (χ3n) is 4.99. The molecule has 4 aromatic rings. The van der Waals surface area contributed by atoms with Crippen LogP contribution in [0.3, 0.4) is 0 Å². The summed E-state index contributed by atoms with van der Waals surface area (Å²) in [4.78, 5) is 13.2. The van der Waals surface area contributed by atoms with Gasteiger partial charge in [0.2, 0.25) is 11.2 Å². The molecular weight excluding hydrogens is 396 g/mol. The van der Waals surface area contributed by atoms with Crippen LogP contribution in [0.25, 0.3) is 22.1 Å². The van der Waals surface area contributed by atoms with Gasteiger partial charge >= 0.3 is 0 Å². The second-order valence-electron chi connectivity index (χ2n) is 6.79. The number of hydrogen-bond donors (Lipinski definition) is 0. The third-order valence-corrected chi connectivity index (χ3v) is 4.99. The lowest BCUT2D eigenvalue weighted by Gasteiger charge is -2.15. The average Bonchev–Trinajstić information content (AvgIpc) is 2.82. The number of ether oxygens (including phenoxy) is 4. The molecule has 1 heterocycles. The molecule has 6 nitrogen and oxygen atoms in total. The topological polar surface area (TPSA) is 67.1 Å². The van der Waals surface area contributed by atoms with Crippen LogP contribution in [0.4, 0.5) is 0 Å². The van der Waals surface area contributed by atoms with Gasteiger partial charge in [-0.2, -0.15) is 0 Å². The first kappa shape index (κ1) is 20.3. The van der Waals surface area contributed by atoms with Crippen molar-refractivity contribution in [1.29, 1.82) is 0 Å². The molecule has 6 heteroatoms. The molecule has 0 saturated carbocycles. The van der Waals surface area contributed by atoms with E-state index in [1.807, 2.05) is 30.3 Å². The molecule has 0 aliphatic heterocycles. The van der Waals surface area contributed by atoms with Crippen molar-refractivity contribution in [3.8, 4) is 34.1 Å². The van der Waals surface area contributed by atoms with Crippen molar-refractivity contribution in [3.63, 3.8) is 0 Å². The first-order valence-corrected chi connectivity index (χ1v) is 9.68. The first-order valence-electron chi connectivity index (χ1n) is 9.68. The van der Waals surface area contributed by atoms with E-state index in [4.69, 9.17) is 23.4 Å². The number of benzene rings is 3. The van der Waals surface area contributed by atoms with Gasteiger partial charge in [-0.1, -0.05) is 30.3 Å². The Labute approximate surface area is 179 Å². The summed E-state index contributed by atoms with van der Waals surface area (Å²) in [6.45, 7) is 0.428. The molecule has 0 amide bonds. The largest absolute Gasteiger partial charge is 0.493 e. The molecule has 0 aliphatic rings. The van der Waals surface area contributed by atoms with E-state index in [2.05, 4.69) is 0 Å². The Hall–Kier alpha value is -3.93. The molecular formula is C25H22O6. The molecule has 0 fully saturated rings. The van der Waals surface area contributed by atoms with Crippen LogP contribution in [0.1, 0.15) is 5.56 Å². The highest BCUT2D eigenvalue weighted by molar-refractivity contribution is 5.85. The molecule has 3 aromatic carbocycles. The van der Waals surface area contributed by atoms with Gasteiger partial charge in [0.15, 0.2) is 11.5 Å². The van der Waals surface area contributed by atoms with E-state index >= 15 is 0 Å². The predicted molar refractivity (Wildman–Crippen MR) is 118 cm³/mol. The maximum Gasteiger partial charge on any atom is 0.203 e. The van der Waals surface area contributed by atoms with Crippen LogP contribution >= 0.6 is 0 Å². The van der Waals surface area contributed by atoms with Crippen LogP contribution in [0, 0.1) is 0 Å². The number of methoxy groups -OCH3 is 3. The maximum atomic E-state index is 13.2. The molecule has 0 unspecified atom stereocenters. The molecule has 4 rings (SSSR count). The molecule has 0 aliphatic carbocycles. The van der Waals surface area contributed by atoms with E-state index in [9.17, 15) is 4.79 Å². The SMILES string of the molecule is COc1ccc(-c2coc3cc(OCc4ccccc4)ccc3c2=O)c(OC)c1OC. The van der Waals surface area contributed by atoms with Crippen LogP contribution in [0.5, 0.6) is 23.0 Å². The Morgan fingerprint density at radius 2 is 1.58 bits per heavy atom. The van der Waals surface area contributed by atoms with Gasteiger partial charge in [-0.25, -0.2) is 0 Å². The summed E-state index contributed by atoms with van der Waals surface area (Å²) in [5, 5.41) is 0.446. The minimum atomic E-state index is -0.179. The van der Waals surface area contributed by atoms with Crippen LogP contribution in [0.2, 0.25) is 0 Å². The van der Waals surface area contributed by atoms with Gasteiger partial charge in [-0.3, -0.25) is 4.79 Å². The van der Waals surface area contributed by atoms with E-state index in [1.54, 1.807) is 37.4 Å². The highest BCUT2D eigenvalue weighted by Crippen LogP contribution is 2.43. The molecule has 1 aromatic heterocycles.